The molecule has 0 aliphatic heterocycles. The van der Waals surface area contributed by atoms with Gasteiger partial charge in [0.05, 0.1) is 10.6 Å². The summed E-state index contributed by atoms with van der Waals surface area (Å²) in [4.78, 5) is 17.2. The molecule has 0 spiro atoms. The van der Waals surface area contributed by atoms with Gasteiger partial charge >= 0.3 is 5.97 Å². The Kier molecular flexibility index (Phi) is 5.17. The van der Waals surface area contributed by atoms with E-state index in [1.54, 1.807) is 0 Å². The molecule has 0 radical (unpaired) electrons. The van der Waals surface area contributed by atoms with Crippen LogP contribution in [0.3, 0.4) is 0 Å². The number of carboxylic acids is 1. The van der Waals surface area contributed by atoms with E-state index in [-0.39, 0.29) is 5.56 Å². The van der Waals surface area contributed by atoms with E-state index in [4.69, 9.17) is 16.7 Å². The van der Waals surface area contributed by atoms with E-state index >= 15 is 0 Å². The molecule has 1 N–H and O–H groups in total. The molecule has 0 saturated heterocycles. The highest BCUT2D eigenvalue weighted by atomic mass is 35.5. The van der Waals surface area contributed by atoms with Crippen molar-refractivity contribution in [2.45, 2.75) is 19.8 Å². The smallest absolute Gasteiger partial charge is 0.337 e. The minimum absolute atomic E-state index is 0.0900. The van der Waals surface area contributed by atoms with Gasteiger partial charge in [-0.15, -0.1) is 0 Å². The van der Waals surface area contributed by atoms with Crippen molar-refractivity contribution in [2.24, 2.45) is 0 Å². The fraction of sp³-hybridized carbons (Fsp3) is 0.250. The number of pyridine rings is 1. The summed E-state index contributed by atoms with van der Waals surface area (Å²) in [5.74, 6) is -0.447. The maximum Gasteiger partial charge on any atom is 0.337 e. The zero-order valence-electron chi connectivity index (χ0n) is 11.8. The summed E-state index contributed by atoms with van der Waals surface area (Å²) < 4.78 is 0. The lowest BCUT2D eigenvalue weighted by Gasteiger charge is -2.24. The van der Waals surface area contributed by atoms with Crippen LogP contribution in [0.1, 0.15) is 30.1 Å². The quantitative estimate of drug-likeness (QED) is 0.861. The maximum atomic E-state index is 11.0. The molecule has 2 rings (SSSR count). The summed E-state index contributed by atoms with van der Waals surface area (Å²) in [7, 11) is 0. The van der Waals surface area contributed by atoms with Crippen molar-refractivity contribution in [3.63, 3.8) is 0 Å². The Labute approximate surface area is 129 Å². The zero-order chi connectivity index (χ0) is 15.2. The second kappa shape index (κ2) is 7.09. The molecule has 0 bridgehead atoms. The van der Waals surface area contributed by atoms with E-state index in [0.717, 1.165) is 25.1 Å². The minimum atomic E-state index is -1.03. The molecule has 1 aromatic carbocycles. The maximum absolute atomic E-state index is 11.0. The van der Waals surface area contributed by atoms with Crippen molar-refractivity contribution in [3.8, 4) is 0 Å². The zero-order valence-corrected chi connectivity index (χ0v) is 12.5. The number of aromatic carboxylic acids is 1. The van der Waals surface area contributed by atoms with Gasteiger partial charge in [-0.3, -0.25) is 0 Å². The lowest BCUT2D eigenvalue weighted by Crippen LogP contribution is -2.20. The van der Waals surface area contributed by atoms with Gasteiger partial charge in [-0.25, -0.2) is 9.78 Å². The van der Waals surface area contributed by atoms with Gasteiger partial charge < -0.3 is 10.0 Å². The molecule has 110 valence electrons. The number of hydrogen-bond acceptors (Lipinski definition) is 3. The average molecular weight is 305 g/mol. The third-order valence-electron chi connectivity index (χ3n) is 3.13. The van der Waals surface area contributed by atoms with Gasteiger partial charge in [0, 0.05) is 18.4 Å². The van der Waals surface area contributed by atoms with Crippen LogP contribution >= 0.6 is 11.6 Å². The first kappa shape index (κ1) is 15.3. The van der Waals surface area contributed by atoms with E-state index in [1.807, 2.05) is 35.2 Å². The van der Waals surface area contributed by atoms with Gasteiger partial charge in [0.15, 0.2) is 5.82 Å². The standard InChI is InChI=1S/C16H17ClN2O2/c1-2-3-9-19(13-7-5-4-6-8-13)15-14(17)10-12(11-18-15)16(20)21/h4-8,10-11H,2-3,9H2,1H3,(H,20,21). The van der Waals surface area contributed by atoms with Crippen LogP contribution in [0.4, 0.5) is 11.5 Å². The van der Waals surface area contributed by atoms with Gasteiger partial charge in [-0.1, -0.05) is 43.1 Å². The predicted octanol–water partition coefficient (Wildman–Crippen LogP) is 4.37. The monoisotopic (exact) mass is 304 g/mol. The number of aromatic nitrogens is 1. The van der Waals surface area contributed by atoms with E-state index in [0.29, 0.717) is 10.8 Å². The van der Waals surface area contributed by atoms with Crippen molar-refractivity contribution >= 4 is 29.1 Å². The predicted molar refractivity (Wildman–Crippen MR) is 84.6 cm³/mol. The number of unbranched alkanes of at least 4 members (excludes halogenated alkanes) is 1. The molecule has 4 nitrogen and oxygen atoms in total. The van der Waals surface area contributed by atoms with Crippen molar-refractivity contribution < 1.29 is 9.90 Å². The van der Waals surface area contributed by atoms with Crippen LogP contribution in [-0.2, 0) is 0 Å². The molecule has 0 unspecified atom stereocenters. The molecule has 0 saturated carbocycles. The Morgan fingerprint density at radius 3 is 2.62 bits per heavy atom. The largest absolute Gasteiger partial charge is 0.478 e. The molecule has 0 aliphatic rings. The Bertz CT molecular complexity index is 617. The Hall–Kier alpha value is -2.07. The van der Waals surface area contributed by atoms with Crippen LogP contribution in [-0.4, -0.2) is 22.6 Å². The molecule has 1 aromatic heterocycles. The normalized spacial score (nSPS) is 10.4. The Morgan fingerprint density at radius 2 is 2.05 bits per heavy atom. The first-order chi connectivity index (χ1) is 10.1. The number of carboxylic acid groups (broad SMARTS) is 1. The number of rotatable bonds is 6. The van der Waals surface area contributed by atoms with E-state index < -0.39 is 5.97 Å². The number of carbonyl (C=O) groups is 1. The minimum Gasteiger partial charge on any atom is -0.478 e. The lowest BCUT2D eigenvalue weighted by molar-refractivity contribution is 0.0696. The Balaban J connectivity index is 2.39. The number of halogens is 1. The molecule has 0 amide bonds. The van der Waals surface area contributed by atoms with Crippen LogP contribution in [0.15, 0.2) is 42.6 Å². The van der Waals surface area contributed by atoms with Gasteiger partial charge in [-0.2, -0.15) is 0 Å². The van der Waals surface area contributed by atoms with Crippen LogP contribution in [0.5, 0.6) is 0 Å². The molecular weight excluding hydrogens is 288 g/mol. The molecule has 5 heteroatoms. The average Bonchev–Trinajstić information content (AvgIpc) is 2.50. The van der Waals surface area contributed by atoms with Crippen molar-refractivity contribution in [2.75, 3.05) is 11.4 Å². The second-order valence-electron chi connectivity index (χ2n) is 4.68. The van der Waals surface area contributed by atoms with Crippen LogP contribution < -0.4 is 4.90 Å². The molecular formula is C16H17ClN2O2. The van der Waals surface area contributed by atoms with Gasteiger partial charge in [0.25, 0.3) is 0 Å². The highest BCUT2D eigenvalue weighted by Gasteiger charge is 2.15. The van der Waals surface area contributed by atoms with E-state index in [1.165, 1.54) is 12.3 Å². The van der Waals surface area contributed by atoms with Crippen molar-refractivity contribution in [1.29, 1.82) is 0 Å². The molecule has 21 heavy (non-hydrogen) atoms. The SMILES string of the molecule is CCCCN(c1ccccc1)c1ncc(C(=O)O)cc1Cl. The summed E-state index contributed by atoms with van der Waals surface area (Å²) >= 11 is 6.23. The lowest BCUT2D eigenvalue weighted by atomic mass is 10.2. The summed E-state index contributed by atoms with van der Waals surface area (Å²) in [6, 6.07) is 11.3. The summed E-state index contributed by atoms with van der Waals surface area (Å²) in [5.41, 5.74) is 1.08. The molecule has 1 heterocycles. The number of nitrogens with zero attached hydrogens (tertiary/aromatic N) is 2. The highest BCUT2D eigenvalue weighted by molar-refractivity contribution is 6.33. The van der Waals surface area contributed by atoms with Gasteiger partial charge in [-0.05, 0) is 24.6 Å². The summed E-state index contributed by atoms with van der Waals surface area (Å²) in [6.07, 6.45) is 3.38. The third-order valence-corrected chi connectivity index (χ3v) is 3.41. The fourth-order valence-corrected chi connectivity index (χ4v) is 2.30. The first-order valence-corrected chi connectivity index (χ1v) is 7.22. The topological polar surface area (TPSA) is 53.4 Å². The molecule has 0 atom stereocenters. The van der Waals surface area contributed by atoms with Crippen LogP contribution in [0, 0.1) is 0 Å². The van der Waals surface area contributed by atoms with Crippen LogP contribution in [0.2, 0.25) is 5.02 Å². The van der Waals surface area contributed by atoms with E-state index in [9.17, 15) is 4.79 Å². The van der Waals surface area contributed by atoms with Crippen LogP contribution in [0.25, 0.3) is 0 Å². The van der Waals surface area contributed by atoms with E-state index in [2.05, 4.69) is 11.9 Å². The second-order valence-corrected chi connectivity index (χ2v) is 5.08. The Morgan fingerprint density at radius 1 is 1.33 bits per heavy atom. The van der Waals surface area contributed by atoms with Crippen molar-refractivity contribution in [1.82, 2.24) is 4.98 Å². The van der Waals surface area contributed by atoms with Gasteiger partial charge in [0.2, 0.25) is 0 Å². The first-order valence-electron chi connectivity index (χ1n) is 6.85. The number of para-hydroxylation sites is 1. The molecule has 0 fully saturated rings. The third kappa shape index (κ3) is 3.73. The fourth-order valence-electron chi connectivity index (χ4n) is 2.03. The highest BCUT2D eigenvalue weighted by Crippen LogP contribution is 2.30. The molecule has 2 aromatic rings. The summed E-state index contributed by atoms with van der Waals surface area (Å²) in [6.45, 7) is 2.89. The number of anilines is 2. The summed E-state index contributed by atoms with van der Waals surface area (Å²) in [5, 5.41) is 9.33. The van der Waals surface area contributed by atoms with Crippen molar-refractivity contribution in [3.05, 3.63) is 53.2 Å². The number of benzene rings is 1. The molecule has 0 aliphatic carbocycles. The number of hydrogen-bond donors (Lipinski definition) is 1. The van der Waals surface area contributed by atoms with Gasteiger partial charge in [0.1, 0.15) is 0 Å².